The van der Waals surface area contributed by atoms with Gasteiger partial charge in [0.25, 0.3) is 0 Å². The third-order valence-electron chi connectivity index (χ3n) is 18.6. The highest BCUT2D eigenvalue weighted by Gasteiger charge is 2.43. The van der Waals surface area contributed by atoms with Crippen molar-refractivity contribution >= 4 is 95.5 Å². The summed E-state index contributed by atoms with van der Waals surface area (Å²) in [5, 5.41) is 5.05. The molecule has 2 aliphatic heterocycles. The maximum Gasteiger partial charge on any atom is 0.249 e. The summed E-state index contributed by atoms with van der Waals surface area (Å²) in [5.41, 5.74) is 26.9. The highest BCUT2D eigenvalue weighted by atomic mass is 32.2. The van der Waals surface area contributed by atoms with Crippen LogP contribution in [0.4, 0.5) is 17.1 Å². The van der Waals surface area contributed by atoms with Gasteiger partial charge in [-0.2, -0.15) is 0 Å². The number of fused-ring (bicyclic) bond motifs is 10. The summed E-state index contributed by atoms with van der Waals surface area (Å²) in [7, 11) is 0. The number of para-hydroxylation sites is 4. The average molecular weight is 1140 g/mol. The van der Waals surface area contributed by atoms with Crippen LogP contribution in [-0.4, -0.2) is 15.8 Å². The maximum atomic E-state index is 2.74. The van der Waals surface area contributed by atoms with Crippen LogP contribution in [0.5, 0.6) is 0 Å². The molecule has 0 saturated carbocycles. The third-order valence-corrected chi connectivity index (χ3v) is 19.7. The van der Waals surface area contributed by atoms with E-state index in [9.17, 15) is 0 Å². The second-order valence-corrected chi connectivity index (χ2v) is 26.1. The summed E-state index contributed by atoms with van der Waals surface area (Å²) in [4.78, 5) is 5.38. The molecular weight excluding hydrogens is 1070 g/mol. The number of hydrogen-bond acceptors (Lipinski definition) is 2. The van der Waals surface area contributed by atoms with Crippen LogP contribution in [0, 0.1) is 0 Å². The molecular formula is C82H66BN3S. The number of unbranched alkanes of at least 4 members (excludes halogenated alkanes) is 3. The van der Waals surface area contributed by atoms with Gasteiger partial charge in [-0.3, -0.25) is 0 Å². The topological polar surface area (TPSA) is 13.1 Å². The Hall–Kier alpha value is -9.55. The fraction of sp³-hybridized carbons (Fsp3) is 0.122. The number of aromatic nitrogens is 2. The Morgan fingerprint density at radius 1 is 0.379 bits per heavy atom. The van der Waals surface area contributed by atoms with Crippen molar-refractivity contribution < 1.29 is 0 Å². The molecule has 12 aromatic carbocycles. The van der Waals surface area contributed by atoms with E-state index in [0.717, 1.165) is 18.5 Å². The van der Waals surface area contributed by atoms with E-state index in [1.165, 1.54) is 167 Å². The zero-order chi connectivity index (χ0) is 58.3. The normalized spacial score (nSPS) is 12.7. The molecule has 14 aromatic rings. The molecule has 0 amide bonds. The molecule has 0 radical (unpaired) electrons. The summed E-state index contributed by atoms with van der Waals surface area (Å²) in [6.07, 6.45) is 5.79. The molecule has 0 aliphatic carbocycles. The quantitative estimate of drug-likeness (QED) is 0.0893. The monoisotopic (exact) mass is 1140 g/mol. The molecule has 0 unspecified atom stereocenters. The van der Waals surface area contributed by atoms with Crippen molar-refractivity contribution in [2.45, 2.75) is 75.0 Å². The van der Waals surface area contributed by atoms with Crippen LogP contribution < -0.4 is 21.3 Å². The van der Waals surface area contributed by atoms with Crippen LogP contribution in [0.1, 0.15) is 64.5 Å². The van der Waals surface area contributed by atoms with Crippen molar-refractivity contribution in [3.8, 4) is 55.9 Å². The Balaban J connectivity index is 0.998. The first-order chi connectivity index (χ1) is 42.8. The van der Waals surface area contributed by atoms with Crippen LogP contribution in [0.15, 0.2) is 277 Å². The second-order valence-electron chi connectivity index (χ2n) is 25.0. The lowest BCUT2D eigenvalue weighted by Gasteiger charge is -2.42. The molecule has 87 heavy (non-hydrogen) atoms. The van der Waals surface area contributed by atoms with Gasteiger partial charge < -0.3 is 14.0 Å². The van der Waals surface area contributed by atoms with Gasteiger partial charge in [-0.25, -0.2) is 0 Å². The summed E-state index contributed by atoms with van der Waals surface area (Å²) < 4.78 is 4.99. The largest absolute Gasteiger partial charge is 0.310 e. The number of anilines is 3. The van der Waals surface area contributed by atoms with E-state index >= 15 is 0 Å². The molecule has 0 spiro atoms. The van der Waals surface area contributed by atoms with Gasteiger partial charge >= 0.3 is 0 Å². The van der Waals surface area contributed by atoms with Crippen LogP contribution in [0.3, 0.4) is 0 Å². The van der Waals surface area contributed by atoms with Crippen LogP contribution >= 0.6 is 11.8 Å². The van der Waals surface area contributed by atoms with Crippen molar-refractivity contribution in [3.63, 3.8) is 0 Å². The van der Waals surface area contributed by atoms with E-state index in [1.807, 2.05) is 11.8 Å². The SMILES string of the molecule is CCCCCCc1cc2c3c(c1)N(c1c(-c4ccc(-c5ccccc5)cc4)cc(C(C)(C)C)cc1-c1ccc(-c4ccccc4)cc1)c1cc(-n4c5ccccc5c5ccccc54)ccc1B3c1ccc(-n3c4ccccc4c4ccccc43)cc1S2. The van der Waals surface area contributed by atoms with Gasteiger partial charge in [-0.1, -0.05) is 258 Å². The number of hydrogen-bond donors (Lipinski definition) is 0. The van der Waals surface area contributed by atoms with Crippen LogP contribution in [0.2, 0.25) is 0 Å². The molecule has 3 nitrogen and oxygen atoms in total. The van der Waals surface area contributed by atoms with Gasteiger partial charge in [0.1, 0.15) is 0 Å². The lowest BCUT2D eigenvalue weighted by molar-refractivity contribution is 0.591. The molecule has 4 heterocycles. The molecule has 16 rings (SSSR count). The molecule has 2 aromatic heterocycles. The van der Waals surface area contributed by atoms with E-state index in [4.69, 9.17) is 0 Å². The molecule has 0 saturated heterocycles. The zero-order valence-electron chi connectivity index (χ0n) is 49.8. The molecule has 0 fully saturated rings. The number of nitrogens with zero attached hydrogens (tertiary/aromatic N) is 3. The van der Waals surface area contributed by atoms with Crippen molar-refractivity contribution in [1.82, 2.24) is 9.13 Å². The Bertz CT molecular complexity index is 4760. The molecule has 0 bridgehead atoms. The Kier molecular flexibility index (Phi) is 13.1. The fourth-order valence-electron chi connectivity index (χ4n) is 14.3. The molecule has 2 aliphatic rings. The minimum absolute atomic E-state index is 0.0397. The van der Waals surface area contributed by atoms with Gasteiger partial charge in [0.2, 0.25) is 6.71 Å². The maximum absolute atomic E-state index is 2.74. The lowest BCUT2D eigenvalue weighted by atomic mass is 9.34. The Morgan fingerprint density at radius 2 is 0.828 bits per heavy atom. The van der Waals surface area contributed by atoms with E-state index in [0.29, 0.717) is 0 Å². The van der Waals surface area contributed by atoms with Gasteiger partial charge in [-0.15, -0.1) is 0 Å². The third kappa shape index (κ3) is 9.05. The first-order valence-electron chi connectivity index (χ1n) is 31.2. The van der Waals surface area contributed by atoms with Crippen molar-refractivity contribution in [3.05, 3.63) is 278 Å². The fourth-order valence-corrected chi connectivity index (χ4v) is 15.6. The highest BCUT2D eigenvalue weighted by molar-refractivity contribution is 8.00. The minimum atomic E-state index is -0.166. The first kappa shape index (κ1) is 53.0. The van der Waals surface area contributed by atoms with E-state index in [1.54, 1.807) is 0 Å². The number of benzene rings is 12. The molecule has 418 valence electrons. The summed E-state index contributed by atoms with van der Waals surface area (Å²) in [6.45, 7) is 9.38. The summed E-state index contributed by atoms with van der Waals surface area (Å²) >= 11 is 1.97. The first-order valence-corrected chi connectivity index (χ1v) is 32.0. The lowest BCUT2D eigenvalue weighted by Crippen LogP contribution is -2.60. The van der Waals surface area contributed by atoms with Gasteiger partial charge in [-0.05, 0) is 146 Å². The average Bonchev–Trinajstić information content (AvgIpc) is 1.18. The summed E-state index contributed by atoms with van der Waals surface area (Å²) in [5.74, 6) is 0. The van der Waals surface area contributed by atoms with Gasteiger partial charge in [0.15, 0.2) is 0 Å². The highest BCUT2D eigenvalue weighted by Crippen LogP contribution is 2.52. The van der Waals surface area contributed by atoms with E-state index in [2.05, 4.69) is 309 Å². The smallest absolute Gasteiger partial charge is 0.249 e. The predicted molar refractivity (Wildman–Crippen MR) is 373 cm³/mol. The van der Waals surface area contributed by atoms with Crippen LogP contribution in [0.25, 0.3) is 99.5 Å². The standard InChI is InChI=1S/C82H66BN3S/c1-5-6-7-10-23-54-48-77-80-79(49-54)87-78-53-63(85-74-34-21-17-30-66(74)67-31-18-22-35-75(67)85)45-47-71(78)83(80)70-46-44-62(84-72-32-19-15-28-64(72)65-29-16-20-33-73(65)84)52-76(70)86(77)81-68(59-40-36-57(37-41-59)55-24-11-8-12-25-55)50-61(82(2,3)4)51-69(81)60-42-38-58(39-43-60)56-26-13-9-14-27-56/h8-9,11-22,24-53H,5-7,10,23H2,1-4H3. The number of rotatable bonds is 12. The number of aryl methyl sites for hydroxylation is 1. The minimum Gasteiger partial charge on any atom is -0.310 e. The second kappa shape index (κ2) is 21.4. The van der Waals surface area contributed by atoms with Crippen molar-refractivity contribution in [1.29, 1.82) is 0 Å². The molecule has 5 heteroatoms. The van der Waals surface area contributed by atoms with E-state index in [-0.39, 0.29) is 12.1 Å². The van der Waals surface area contributed by atoms with Crippen molar-refractivity contribution in [2.75, 3.05) is 4.90 Å². The Morgan fingerprint density at radius 3 is 1.32 bits per heavy atom. The summed E-state index contributed by atoms with van der Waals surface area (Å²) in [6, 6.07) is 101. The molecule has 0 N–H and O–H groups in total. The van der Waals surface area contributed by atoms with E-state index < -0.39 is 0 Å². The van der Waals surface area contributed by atoms with Crippen molar-refractivity contribution in [2.24, 2.45) is 0 Å². The Labute approximate surface area is 515 Å². The zero-order valence-corrected chi connectivity index (χ0v) is 50.6. The van der Waals surface area contributed by atoms with Gasteiger partial charge in [0, 0.05) is 65.2 Å². The molecule has 0 atom stereocenters. The van der Waals surface area contributed by atoms with Gasteiger partial charge in [0.05, 0.1) is 27.8 Å². The predicted octanol–water partition coefficient (Wildman–Crippen LogP) is 20.7. The van der Waals surface area contributed by atoms with Crippen LogP contribution in [-0.2, 0) is 11.8 Å².